The van der Waals surface area contributed by atoms with E-state index in [1.165, 1.54) is 0 Å². The van der Waals surface area contributed by atoms with E-state index >= 15 is 0 Å². The number of benzene rings is 2. The highest BCUT2D eigenvalue weighted by molar-refractivity contribution is 7.80. The maximum absolute atomic E-state index is 12.6. The van der Waals surface area contributed by atoms with Crippen LogP contribution in [0.2, 0.25) is 0 Å². The summed E-state index contributed by atoms with van der Waals surface area (Å²) in [5.74, 6) is 0.254. The minimum atomic E-state index is -0.252. The van der Waals surface area contributed by atoms with E-state index in [1.807, 2.05) is 12.1 Å². The van der Waals surface area contributed by atoms with Crippen molar-refractivity contribution in [3.63, 3.8) is 0 Å². The quantitative estimate of drug-likeness (QED) is 0.589. The number of methoxy groups -OCH3 is 1. The van der Waals surface area contributed by atoms with E-state index in [4.69, 9.17) is 21.7 Å². The largest absolute Gasteiger partial charge is 0.497 e. The van der Waals surface area contributed by atoms with Gasteiger partial charge in [0.2, 0.25) is 5.91 Å². The van der Waals surface area contributed by atoms with Crippen molar-refractivity contribution in [2.45, 2.75) is 25.4 Å². The minimum absolute atomic E-state index is 0.0624. The predicted octanol–water partition coefficient (Wildman–Crippen LogP) is 2.66. The third-order valence-corrected chi connectivity index (χ3v) is 4.91. The summed E-state index contributed by atoms with van der Waals surface area (Å²) in [5, 5.41) is 8.61. The smallest absolute Gasteiger partial charge is 0.253 e. The molecule has 3 rings (SSSR count). The van der Waals surface area contributed by atoms with E-state index in [-0.39, 0.29) is 29.5 Å². The van der Waals surface area contributed by atoms with E-state index in [0.717, 1.165) is 30.8 Å². The van der Waals surface area contributed by atoms with Crippen LogP contribution in [0.5, 0.6) is 5.75 Å². The number of carbonyl (C=O) groups is 2. The Labute approximate surface area is 181 Å². The molecule has 1 aliphatic heterocycles. The molecule has 1 heterocycles. The minimum Gasteiger partial charge on any atom is -0.497 e. The molecule has 1 atom stereocenters. The van der Waals surface area contributed by atoms with Crippen molar-refractivity contribution >= 4 is 34.8 Å². The van der Waals surface area contributed by atoms with Crippen molar-refractivity contribution in [3.05, 3.63) is 59.7 Å². The van der Waals surface area contributed by atoms with Crippen molar-refractivity contribution < 1.29 is 19.1 Å². The Bertz CT molecular complexity index is 896. The molecule has 7 nitrogen and oxygen atoms in total. The normalized spacial score (nSPS) is 15.3. The lowest BCUT2D eigenvalue weighted by molar-refractivity contribution is -0.119. The lowest BCUT2D eigenvalue weighted by Gasteiger charge is -2.15. The van der Waals surface area contributed by atoms with Gasteiger partial charge in [0, 0.05) is 13.2 Å². The van der Waals surface area contributed by atoms with Gasteiger partial charge in [-0.05, 0) is 54.9 Å². The van der Waals surface area contributed by atoms with Crippen molar-refractivity contribution in [2.24, 2.45) is 0 Å². The van der Waals surface area contributed by atoms with Gasteiger partial charge in [-0.25, -0.2) is 0 Å². The Balaban J connectivity index is 1.53. The summed E-state index contributed by atoms with van der Waals surface area (Å²) in [6.07, 6.45) is 2.20. The van der Waals surface area contributed by atoms with E-state index < -0.39 is 0 Å². The van der Waals surface area contributed by atoms with Gasteiger partial charge in [-0.2, -0.15) is 0 Å². The number of rotatable bonds is 7. The number of amides is 2. The van der Waals surface area contributed by atoms with Crippen molar-refractivity contribution in [2.75, 3.05) is 25.6 Å². The Morgan fingerprint density at radius 3 is 2.63 bits per heavy atom. The molecular weight excluding hydrogens is 402 g/mol. The maximum Gasteiger partial charge on any atom is 0.253 e. The molecule has 158 valence electrons. The lowest BCUT2D eigenvalue weighted by atomic mass is 10.1. The first-order chi connectivity index (χ1) is 14.5. The van der Waals surface area contributed by atoms with Gasteiger partial charge in [0.25, 0.3) is 5.91 Å². The predicted molar refractivity (Wildman–Crippen MR) is 119 cm³/mol. The van der Waals surface area contributed by atoms with E-state index in [1.54, 1.807) is 43.5 Å². The van der Waals surface area contributed by atoms with Crippen LogP contribution in [0.25, 0.3) is 0 Å². The van der Waals surface area contributed by atoms with Crippen LogP contribution in [-0.4, -0.2) is 43.3 Å². The fourth-order valence-electron chi connectivity index (χ4n) is 3.15. The van der Waals surface area contributed by atoms with Gasteiger partial charge < -0.3 is 25.4 Å². The molecule has 3 N–H and O–H groups in total. The first-order valence-electron chi connectivity index (χ1n) is 9.77. The van der Waals surface area contributed by atoms with E-state index in [0.29, 0.717) is 17.8 Å². The molecule has 0 aromatic heterocycles. The molecule has 1 unspecified atom stereocenters. The van der Waals surface area contributed by atoms with E-state index in [9.17, 15) is 9.59 Å². The SMILES string of the molecule is COc1ccc(CC(=O)NC(=S)Nc2ccccc2C(=O)NCC2CCCO2)cc1. The van der Waals surface area contributed by atoms with Gasteiger partial charge in [-0.15, -0.1) is 0 Å². The van der Waals surface area contributed by atoms with E-state index in [2.05, 4.69) is 16.0 Å². The zero-order valence-electron chi connectivity index (χ0n) is 16.8. The summed E-state index contributed by atoms with van der Waals surface area (Å²) in [4.78, 5) is 24.8. The Hall–Kier alpha value is -2.97. The highest BCUT2D eigenvalue weighted by atomic mass is 32.1. The molecule has 1 aliphatic rings. The summed E-state index contributed by atoms with van der Waals surface area (Å²) < 4.78 is 10.6. The fourth-order valence-corrected chi connectivity index (χ4v) is 3.37. The molecule has 0 aliphatic carbocycles. The Morgan fingerprint density at radius 1 is 1.17 bits per heavy atom. The third kappa shape index (κ3) is 6.27. The molecule has 2 aromatic rings. The fraction of sp³-hybridized carbons (Fsp3) is 0.318. The van der Waals surface area contributed by atoms with Crippen LogP contribution in [0.1, 0.15) is 28.8 Å². The molecule has 0 saturated carbocycles. The van der Waals surface area contributed by atoms with Gasteiger partial charge >= 0.3 is 0 Å². The zero-order chi connectivity index (χ0) is 21.3. The number of hydrogen-bond donors (Lipinski definition) is 3. The summed E-state index contributed by atoms with van der Waals surface area (Å²) in [5.41, 5.74) is 1.81. The van der Waals surface area contributed by atoms with Gasteiger partial charge in [0.1, 0.15) is 5.75 Å². The van der Waals surface area contributed by atoms with Crippen molar-refractivity contribution in [1.82, 2.24) is 10.6 Å². The second-order valence-electron chi connectivity index (χ2n) is 6.92. The van der Waals surface area contributed by atoms with Gasteiger partial charge in [-0.3, -0.25) is 9.59 Å². The van der Waals surface area contributed by atoms with Crippen LogP contribution in [0.4, 0.5) is 5.69 Å². The molecule has 8 heteroatoms. The van der Waals surface area contributed by atoms with Crippen LogP contribution in [0.15, 0.2) is 48.5 Å². The second-order valence-corrected chi connectivity index (χ2v) is 7.33. The monoisotopic (exact) mass is 427 g/mol. The maximum atomic E-state index is 12.6. The standard InChI is InChI=1S/C22H25N3O4S/c1-28-16-10-8-15(9-11-16)13-20(26)25-22(30)24-19-7-3-2-6-18(19)21(27)23-14-17-5-4-12-29-17/h2-3,6-11,17H,4-5,12-14H2,1H3,(H,23,27)(H2,24,25,26,30). The third-order valence-electron chi connectivity index (χ3n) is 4.71. The van der Waals surface area contributed by atoms with Crippen LogP contribution in [0, 0.1) is 0 Å². The number of hydrogen-bond acceptors (Lipinski definition) is 5. The van der Waals surface area contributed by atoms with Crippen LogP contribution in [-0.2, 0) is 16.0 Å². The van der Waals surface area contributed by atoms with Crippen molar-refractivity contribution in [3.8, 4) is 5.75 Å². The molecule has 1 saturated heterocycles. The summed E-state index contributed by atoms with van der Waals surface area (Å²) in [6.45, 7) is 1.21. The topological polar surface area (TPSA) is 88.7 Å². The number of para-hydroxylation sites is 1. The zero-order valence-corrected chi connectivity index (χ0v) is 17.6. The molecular formula is C22H25N3O4S. The average molecular weight is 428 g/mol. The van der Waals surface area contributed by atoms with Gasteiger partial charge in [0.15, 0.2) is 5.11 Å². The Morgan fingerprint density at radius 2 is 1.93 bits per heavy atom. The summed E-state index contributed by atoms with van der Waals surface area (Å²) in [6, 6.07) is 14.2. The van der Waals surface area contributed by atoms with Crippen LogP contribution < -0.4 is 20.7 Å². The number of carbonyl (C=O) groups excluding carboxylic acids is 2. The molecule has 0 radical (unpaired) electrons. The molecule has 2 amide bonds. The summed E-state index contributed by atoms with van der Waals surface area (Å²) in [7, 11) is 1.59. The first kappa shape index (κ1) is 21.7. The van der Waals surface area contributed by atoms with Crippen molar-refractivity contribution in [1.29, 1.82) is 0 Å². The second kappa shape index (κ2) is 10.7. The van der Waals surface area contributed by atoms with Crippen LogP contribution >= 0.6 is 12.2 Å². The molecule has 30 heavy (non-hydrogen) atoms. The number of nitrogens with one attached hydrogen (secondary N) is 3. The van der Waals surface area contributed by atoms with Crippen LogP contribution in [0.3, 0.4) is 0 Å². The molecule has 2 aromatic carbocycles. The molecule has 0 spiro atoms. The highest BCUT2D eigenvalue weighted by Crippen LogP contribution is 2.16. The number of thiocarbonyl (C=S) groups is 1. The first-order valence-corrected chi connectivity index (χ1v) is 10.2. The Kier molecular flexibility index (Phi) is 7.75. The molecule has 0 bridgehead atoms. The van der Waals surface area contributed by atoms with Gasteiger partial charge in [-0.1, -0.05) is 24.3 Å². The lowest BCUT2D eigenvalue weighted by Crippen LogP contribution is -2.36. The molecule has 1 fully saturated rings. The number of ether oxygens (including phenoxy) is 2. The van der Waals surface area contributed by atoms with Gasteiger partial charge in [0.05, 0.1) is 30.9 Å². The highest BCUT2D eigenvalue weighted by Gasteiger charge is 2.18. The summed E-state index contributed by atoms with van der Waals surface area (Å²) >= 11 is 5.25. The number of anilines is 1. The average Bonchev–Trinajstić information content (AvgIpc) is 3.26.